The first kappa shape index (κ1) is 10.9. The second-order valence-electron chi connectivity index (χ2n) is 3.47. The second-order valence-corrected chi connectivity index (χ2v) is 3.47. The summed E-state index contributed by atoms with van der Waals surface area (Å²) in [4.78, 5) is 2.32. The van der Waals surface area contributed by atoms with Gasteiger partial charge in [0, 0.05) is 26.2 Å². The Hall–Kier alpha value is -0.160. The van der Waals surface area contributed by atoms with Gasteiger partial charge in [0.1, 0.15) is 0 Å². The number of aliphatic hydroxyl groups is 1. The average Bonchev–Trinajstić information content (AvgIpc) is 2.15. The molecule has 1 rings (SSSR count). The van der Waals surface area contributed by atoms with E-state index in [1.165, 1.54) is 0 Å². The molecule has 0 radical (unpaired) electrons. The Morgan fingerprint density at radius 1 is 1.31 bits per heavy atom. The van der Waals surface area contributed by atoms with E-state index < -0.39 is 0 Å². The molecule has 3 N–H and O–H groups in total. The van der Waals surface area contributed by atoms with Gasteiger partial charge >= 0.3 is 0 Å². The van der Waals surface area contributed by atoms with E-state index in [-0.39, 0.29) is 6.10 Å². The van der Waals surface area contributed by atoms with Crippen molar-refractivity contribution < 1.29 is 9.84 Å². The third kappa shape index (κ3) is 4.57. The van der Waals surface area contributed by atoms with Crippen LogP contribution in [0.4, 0.5) is 0 Å². The van der Waals surface area contributed by atoms with Crippen molar-refractivity contribution in [1.82, 2.24) is 4.90 Å². The average molecular weight is 188 g/mol. The topological polar surface area (TPSA) is 58.7 Å². The van der Waals surface area contributed by atoms with Crippen LogP contribution >= 0.6 is 0 Å². The molecule has 13 heavy (non-hydrogen) atoms. The van der Waals surface area contributed by atoms with Gasteiger partial charge in [-0.25, -0.2) is 0 Å². The molecule has 1 saturated heterocycles. The lowest BCUT2D eigenvalue weighted by molar-refractivity contribution is 0.0575. The van der Waals surface area contributed by atoms with Crippen molar-refractivity contribution in [3.05, 3.63) is 0 Å². The van der Waals surface area contributed by atoms with Gasteiger partial charge in [0.05, 0.1) is 19.3 Å². The molecule has 4 heteroatoms. The SMILES string of the molecule is NCCOCCN1CCC(O)CC1. The van der Waals surface area contributed by atoms with Gasteiger partial charge in [-0.3, -0.25) is 0 Å². The van der Waals surface area contributed by atoms with Gasteiger partial charge in [-0.2, -0.15) is 0 Å². The Labute approximate surface area is 79.7 Å². The fourth-order valence-corrected chi connectivity index (χ4v) is 1.52. The fraction of sp³-hybridized carbons (Fsp3) is 1.00. The molecule has 1 fully saturated rings. The molecule has 0 aliphatic carbocycles. The van der Waals surface area contributed by atoms with E-state index in [2.05, 4.69) is 4.90 Å². The molecule has 0 amide bonds. The summed E-state index contributed by atoms with van der Waals surface area (Å²) in [5.41, 5.74) is 5.29. The minimum Gasteiger partial charge on any atom is -0.393 e. The van der Waals surface area contributed by atoms with Gasteiger partial charge in [-0.05, 0) is 12.8 Å². The van der Waals surface area contributed by atoms with E-state index in [0.717, 1.165) is 39.1 Å². The predicted octanol–water partition coefficient (Wildman–Crippen LogP) is -0.582. The van der Waals surface area contributed by atoms with E-state index >= 15 is 0 Å². The van der Waals surface area contributed by atoms with Crippen molar-refractivity contribution in [2.45, 2.75) is 18.9 Å². The highest BCUT2D eigenvalue weighted by Crippen LogP contribution is 2.08. The number of likely N-dealkylation sites (tertiary alicyclic amines) is 1. The number of hydrogen-bond acceptors (Lipinski definition) is 4. The highest BCUT2D eigenvalue weighted by molar-refractivity contribution is 4.70. The Morgan fingerprint density at radius 3 is 2.62 bits per heavy atom. The van der Waals surface area contributed by atoms with Gasteiger partial charge in [0.25, 0.3) is 0 Å². The van der Waals surface area contributed by atoms with Gasteiger partial charge in [-0.1, -0.05) is 0 Å². The highest BCUT2D eigenvalue weighted by Gasteiger charge is 2.15. The fourth-order valence-electron chi connectivity index (χ4n) is 1.52. The summed E-state index contributed by atoms with van der Waals surface area (Å²) in [6.45, 7) is 4.95. The smallest absolute Gasteiger partial charge is 0.0594 e. The molecule has 0 spiro atoms. The van der Waals surface area contributed by atoms with E-state index in [4.69, 9.17) is 10.5 Å². The van der Waals surface area contributed by atoms with E-state index in [1.54, 1.807) is 0 Å². The summed E-state index contributed by atoms with van der Waals surface area (Å²) in [7, 11) is 0. The monoisotopic (exact) mass is 188 g/mol. The number of piperidine rings is 1. The molecule has 1 heterocycles. The maximum absolute atomic E-state index is 9.26. The summed E-state index contributed by atoms with van der Waals surface area (Å²) in [6.07, 6.45) is 1.72. The largest absolute Gasteiger partial charge is 0.393 e. The predicted molar refractivity (Wildman–Crippen MR) is 51.6 cm³/mol. The normalized spacial score (nSPS) is 20.8. The summed E-state index contributed by atoms with van der Waals surface area (Å²) in [6, 6.07) is 0. The van der Waals surface area contributed by atoms with Crippen molar-refractivity contribution in [2.24, 2.45) is 5.73 Å². The quantitative estimate of drug-likeness (QED) is 0.567. The van der Waals surface area contributed by atoms with Crippen molar-refractivity contribution in [1.29, 1.82) is 0 Å². The van der Waals surface area contributed by atoms with Crippen LogP contribution in [0.25, 0.3) is 0 Å². The third-order valence-corrected chi connectivity index (χ3v) is 2.37. The van der Waals surface area contributed by atoms with Crippen LogP contribution in [0.15, 0.2) is 0 Å². The van der Waals surface area contributed by atoms with Crippen molar-refractivity contribution in [3.63, 3.8) is 0 Å². The molecular formula is C9H20N2O2. The number of nitrogens with zero attached hydrogens (tertiary/aromatic N) is 1. The molecule has 0 aromatic carbocycles. The van der Waals surface area contributed by atoms with Crippen LogP contribution < -0.4 is 5.73 Å². The minimum absolute atomic E-state index is 0.0822. The lowest BCUT2D eigenvalue weighted by Crippen LogP contribution is -2.37. The lowest BCUT2D eigenvalue weighted by Gasteiger charge is -2.29. The third-order valence-electron chi connectivity index (χ3n) is 2.37. The molecule has 78 valence electrons. The minimum atomic E-state index is -0.0822. The zero-order chi connectivity index (χ0) is 9.52. The summed E-state index contributed by atoms with van der Waals surface area (Å²) in [5.74, 6) is 0. The summed E-state index contributed by atoms with van der Waals surface area (Å²) in [5, 5.41) is 9.26. The van der Waals surface area contributed by atoms with Crippen LogP contribution in [-0.2, 0) is 4.74 Å². The highest BCUT2D eigenvalue weighted by atomic mass is 16.5. The second kappa shape index (κ2) is 6.32. The van der Waals surface area contributed by atoms with Crippen LogP contribution in [0.2, 0.25) is 0 Å². The molecule has 4 nitrogen and oxygen atoms in total. The van der Waals surface area contributed by atoms with Crippen LogP contribution in [-0.4, -0.2) is 55.5 Å². The summed E-state index contributed by atoms with van der Waals surface area (Å²) >= 11 is 0. The number of ether oxygens (including phenoxy) is 1. The summed E-state index contributed by atoms with van der Waals surface area (Å²) < 4.78 is 5.28. The number of aliphatic hydroxyl groups excluding tert-OH is 1. The first-order valence-corrected chi connectivity index (χ1v) is 5.01. The zero-order valence-electron chi connectivity index (χ0n) is 8.11. The Kier molecular flexibility index (Phi) is 5.31. The first-order chi connectivity index (χ1) is 6.33. The molecule has 0 aromatic heterocycles. The van der Waals surface area contributed by atoms with E-state index in [9.17, 15) is 5.11 Å². The Bertz CT molecular complexity index is 125. The molecule has 0 bridgehead atoms. The van der Waals surface area contributed by atoms with Crippen molar-refractivity contribution >= 4 is 0 Å². The number of hydrogen-bond donors (Lipinski definition) is 2. The van der Waals surface area contributed by atoms with Crippen LogP contribution in [0.5, 0.6) is 0 Å². The number of nitrogens with two attached hydrogens (primary N) is 1. The first-order valence-electron chi connectivity index (χ1n) is 5.01. The maximum atomic E-state index is 9.26. The Balaban J connectivity index is 1.96. The zero-order valence-corrected chi connectivity index (χ0v) is 8.11. The lowest BCUT2D eigenvalue weighted by atomic mass is 10.1. The van der Waals surface area contributed by atoms with Crippen LogP contribution in [0.1, 0.15) is 12.8 Å². The Morgan fingerprint density at radius 2 is 2.00 bits per heavy atom. The van der Waals surface area contributed by atoms with E-state index in [0.29, 0.717) is 13.2 Å². The molecule has 1 aliphatic heterocycles. The molecule has 0 aromatic rings. The van der Waals surface area contributed by atoms with Crippen LogP contribution in [0.3, 0.4) is 0 Å². The molecule has 0 saturated carbocycles. The van der Waals surface area contributed by atoms with Gasteiger partial charge in [0.2, 0.25) is 0 Å². The van der Waals surface area contributed by atoms with Gasteiger partial charge < -0.3 is 20.5 Å². The van der Waals surface area contributed by atoms with Crippen molar-refractivity contribution in [3.8, 4) is 0 Å². The standard InChI is InChI=1S/C9H20N2O2/c10-3-7-13-8-6-11-4-1-9(12)2-5-11/h9,12H,1-8,10H2. The molecule has 1 aliphatic rings. The van der Waals surface area contributed by atoms with E-state index in [1.807, 2.05) is 0 Å². The van der Waals surface area contributed by atoms with Crippen molar-refractivity contribution in [2.75, 3.05) is 39.4 Å². The molecule has 0 atom stereocenters. The van der Waals surface area contributed by atoms with Crippen LogP contribution in [0, 0.1) is 0 Å². The van der Waals surface area contributed by atoms with Gasteiger partial charge in [0.15, 0.2) is 0 Å². The molecule has 0 unspecified atom stereocenters. The van der Waals surface area contributed by atoms with Gasteiger partial charge in [-0.15, -0.1) is 0 Å². The maximum Gasteiger partial charge on any atom is 0.0594 e. The molecular weight excluding hydrogens is 168 g/mol. The number of rotatable bonds is 5.